The zero-order chi connectivity index (χ0) is 31.5. The van der Waals surface area contributed by atoms with Gasteiger partial charge in [-0.25, -0.2) is 14.2 Å². The number of hydrogen-bond donors (Lipinski definition) is 4. The summed E-state index contributed by atoms with van der Waals surface area (Å²) in [5, 5.41) is 24.3. The molecule has 12 heteroatoms. The smallest absolute Gasteiger partial charge is 0.332 e. The van der Waals surface area contributed by atoms with Gasteiger partial charge in [0.25, 0.3) is 0 Å². The van der Waals surface area contributed by atoms with E-state index in [0.29, 0.717) is 24.6 Å². The summed E-state index contributed by atoms with van der Waals surface area (Å²) in [5.74, 6) is 0.575. The van der Waals surface area contributed by atoms with Crippen molar-refractivity contribution in [3.63, 3.8) is 0 Å². The number of aromatic nitrogens is 2. The maximum absolute atomic E-state index is 12.8. The number of rotatable bonds is 9. The minimum atomic E-state index is -3.89. The lowest BCUT2D eigenvalue weighted by molar-refractivity contribution is 0.211. The van der Waals surface area contributed by atoms with E-state index in [1.54, 1.807) is 11.7 Å². The fraction of sp³-hybridized carbons (Fsp3) is 0.375. The minimum Gasteiger partial charge on any atom is -0.357 e. The zero-order valence-corrected chi connectivity index (χ0v) is 26.4. The molecule has 4 N–H and O–H groups in total. The monoisotopic (exact) mass is 619 g/mol. The van der Waals surface area contributed by atoms with Gasteiger partial charge in [-0.15, -0.1) is 0 Å². The molecule has 1 aromatic heterocycles. The molecular formula is C32H41N7O4S. The number of urea groups is 1. The lowest BCUT2D eigenvalue weighted by Crippen LogP contribution is -2.49. The van der Waals surface area contributed by atoms with Gasteiger partial charge in [-0.05, 0) is 42.0 Å². The van der Waals surface area contributed by atoms with E-state index in [2.05, 4.69) is 36.1 Å². The first kappa shape index (κ1) is 31.3. The molecule has 1 aliphatic heterocycles. The third-order valence-electron chi connectivity index (χ3n) is 7.64. The maximum atomic E-state index is 12.8. The zero-order valence-electron chi connectivity index (χ0n) is 25.6. The Labute approximate surface area is 259 Å². The number of anilines is 2. The fourth-order valence-electron chi connectivity index (χ4n) is 5.21. The highest BCUT2D eigenvalue weighted by Crippen LogP contribution is 2.28. The van der Waals surface area contributed by atoms with Gasteiger partial charge in [-0.3, -0.25) is 0 Å². The van der Waals surface area contributed by atoms with Crippen LogP contribution in [0.3, 0.4) is 0 Å². The second kappa shape index (κ2) is 12.8. The predicted molar refractivity (Wildman–Crippen MR) is 174 cm³/mol. The van der Waals surface area contributed by atoms with Gasteiger partial charge in [0.1, 0.15) is 5.82 Å². The second-order valence-corrected chi connectivity index (χ2v) is 13.9. The van der Waals surface area contributed by atoms with Crippen molar-refractivity contribution in [2.24, 2.45) is 0 Å². The molecule has 0 saturated carbocycles. The van der Waals surface area contributed by atoms with Crippen LogP contribution < -0.4 is 15.4 Å². The number of aliphatic hydroxyl groups is 1. The Morgan fingerprint density at radius 3 is 2.43 bits per heavy atom. The predicted octanol–water partition coefficient (Wildman–Crippen LogP) is 5.00. The standard InChI is InChI=1S/C32H41N7O4S/c1-32(2,3)28-21-29(34-30(40)33-27-17-11-14-24-13-6-7-16-26(24)27)39(35-28)25-15-10-12-23(20-25)22-37(4)31(41)36-44(42,43)38-18-8-5-9-19-38/h6-7,10-17,20-21,30,33-34,40H,5,8-9,18-19,22H2,1-4H3,(H,36,41). The molecule has 44 heavy (non-hydrogen) atoms. The minimum absolute atomic E-state index is 0.177. The number of nitrogens with one attached hydrogen (secondary N) is 3. The Morgan fingerprint density at radius 1 is 0.977 bits per heavy atom. The SMILES string of the molecule is CN(Cc1cccc(-n2nc(C(C)(C)C)cc2NC(O)Nc2cccc3ccccc23)c1)C(=O)NS(=O)(=O)N1CCCCC1. The Kier molecular flexibility index (Phi) is 9.14. The Morgan fingerprint density at radius 2 is 1.68 bits per heavy atom. The van der Waals surface area contributed by atoms with E-state index in [4.69, 9.17) is 5.10 Å². The second-order valence-electron chi connectivity index (χ2n) is 12.2. The van der Waals surface area contributed by atoms with Gasteiger partial charge < -0.3 is 20.6 Å². The van der Waals surface area contributed by atoms with E-state index in [9.17, 15) is 18.3 Å². The number of amides is 2. The molecule has 0 radical (unpaired) electrons. The molecule has 0 aliphatic carbocycles. The third-order valence-corrected chi connectivity index (χ3v) is 9.11. The molecule has 0 bridgehead atoms. The van der Waals surface area contributed by atoms with Gasteiger partial charge in [0.15, 0.2) is 0 Å². The maximum Gasteiger partial charge on any atom is 0.332 e. The van der Waals surface area contributed by atoms with E-state index in [1.165, 1.54) is 9.21 Å². The third kappa shape index (κ3) is 7.32. The van der Waals surface area contributed by atoms with Crippen molar-refractivity contribution in [1.82, 2.24) is 23.7 Å². The summed E-state index contributed by atoms with van der Waals surface area (Å²) in [6.07, 6.45) is 1.44. The van der Waals surface area contributed by atoms with E-state index < -0.39 is 22.6 Å². The number of fused-ring (bicyclic) bond motifs is 1. The first-order chi connectivity index (χ1) is 20.9. The van der Waals surface area contributed by atoms with Crippen molar-refractivity contribution >= 4 is 38.5 Å². The van der Waals surface area contributed by atoms with Crippen LogP contribution in [0, 0.1) is 0 Å². The fourth-order valence-corrected chi connectivity index (χ4v) is 6.46. The Balaban J connectivity index is 1.34. The highest BCUT2D eigenvalue weighted by molar-refractivity contribution is 7.87. The number of carbonyl (C=O) groups is 1. The van der Waals surface area contributed by atoms with E-state index in [-0.39, 0.29) is 12.0 Å². The molecule has 4 aromatic rings. The summed E-state index contributed by atoms with van der Waals surface area (Å²) in [6, 6.07) is 22.5. The van der Waals surface area contributed by atoms with E-state index in [0.717, 1.165) is 47.0 Å². The number of benzene rings is 3. The van der Waals surface area contributed by atoms with Gasteiger partial charge in [0, 0.05) is 49.2 Å². The molecule has 11 nitrogen and oxygen atoms in total. The number of nitrogens with zero attached hydrogens (tertiary/aromatic N) is 4. The summed E-state index contributed by atoms with van der Waals surface area (Å²) in [6.45, 7) is 7.20. The molecule has 1 fully saturated rings. The van der Waals surface area contributed by atoms with Crippen LogP contribution >= 0.6 is 0 Å². The number of carbonyl (C=O) groups excluding carboxylic acids is 1. The highest BCUT2D eigenvalue weighted by atomic mass is 32.2. The van der Waals surface area contributed by atoms with Gasteiger partial charge in [-0.1, -0.05) is 75.7 Å². The summed E-state index contributed by atoms with van der Waals surface area (Å²) >= 11 is 0. The van der Waals surface area contributed by atoms with Gasteiger partial charge in [0.05, 0.1) is 11.4 Å². The van der Waals surface area contributed by atoms with Gasteiger partial charge in [-0.2, -0.15) is 17.8 Å². The quantitative estimate of drug-likeness (QED) is 0.194. The van der Waals surface area contributed by atoms with Crippen LogP contribution in [0.5, 0.6) is 0 Å². The normalized spacial score (nSPS) is 15.1. The summed E-state index contributed by atoms with van der Waals surface area (Å²) < 4.78 is 30.7. The number of piperidine rings is 1. The van der Waals surface area contributed by atoms with Gasteiger partial charge in [0.2, 0.25) is 6.35 Å². The first-order valence-electron chi connectivity index (χ1n) is 14.8. The Hall–Kier alpha value is -4.13. The molecular weight excluding hydrogens is 578 g/mol. The van der Waals surface area contributed by atoms with Crippen LogP contribution in [0.4, 0.5) is 16.3 Å². The molecule has 1 saturated heterocycles. The molecule has 5 rings (SSSR count). The molecule has 234 valence electrons. The molecule has 3 aromatic carbocycles. The highest BCUT2D eigenvalue weighted by Gasteiger charge is 2.27. The molecule has 2 amide bonds. The van der Waals surface area contributed by atoms with Crippen LogP contribution in [0.1, 0.15) is 51.3 Å². The van der Waals surface area contributed by atoms with Crippen molar-refractivity contribution in [2.45, 2.75) is 58.3 Å². The van der Waals surface area contributed by atoms with Crippen LogP contribution in [0.2, 0.25) is 0 Å². The molecule has 1 aliphatic rings. The van der Waals surface area contributed by atoms with Gasteiger partial charge >= 0.3 is 16.2 Å². The largest absolute Gasteiger partial charge is 0.357 e. The lowest BCUT2D eigenvalue weighted by atomic mass is 9.92. The molecule has 1 unspecified atom stereocenters. The van der Waals surface area contributed by atoms with Crippen LogP contribution in [-0.4, -0.2) is 65.0 Å². The lowest BCUT2D eigenvalue weighted by Gasteiger charge is -2.27. The Bertz CT molecular complexity index is 1720. The van der Waals surface area contributed by atoms with Crippen LogP contribution in [0.25, 0.3) is 16.5 Å². The summed E-state index contributed by atoms with van der Waals surface area (Å²) in [7, 11) is -2.34. The molecule has 0 spiro atoms. The average Bonchev–Trinajstić information content (AvgIpc) is 3.42. The number of hydrogen-bond acceptors (Lipinski definition) is 7. The number of aliphatic hydroxyl groups excluding tert-OH is 1. The summed E-state index contributed by atoms with van der Waals surface area (Å²) in [5.41, 5.74) is 2.85. The average molecular weight is 620 g/mol. The molecule has 1 atom stereocenters. The van der Waals surface area contributed by atoms with Crippen molar-refractivity contribution in [2.75, 3.05) is 30.8 Å². The van der Waals surface area contributed by atoms with E-state index >= 15 is 0 Å². The van der Waals surface area contributed by atoms with Crippen molar-refractivity contribution < 1.29 is 18.3 Å². The molecule has 2 heterocycles. The van der Waals surface area contributed by atoms with E-state index in [1.807, 2.05) is 72.8 Å². The summed E-state index contributed by atoms with van der Waals surface area (Å²) in [4.78, 5) is 14.2. The van der Waals surface area contributed by atoms with Crippen LogP contribution in [0.15, 0.2) is 72.8 Å². The van der Waals surface area contributed by atoms with Crippen molar-refractivity contribution in [1.29, 1.82) is 0 Å². The van der Waals surface area contributed by atoms with Crippen LogP contribution in [-0.2, 0) is 22.2 Å². The van der Waals surface area contributed by atoms with Crippen molar-refractivity contribution in [3.05, 3.63) is 84.1 Å². The van der Waals surface area contributed by atoms with Crippen molar-refractivity contribution in [3.8, 4) is 5.69 Å². The first-order valence-corrected chi connectivity index (χ1v) is 16.3. The topological polar surface area (TPSA) is 132 Å².